The van der Waals surface area contributed by atoms with Gasteiger partial charge in [-0.05, 0) is 22.5 Å². The third kappa shape index (κ3) is 2.10. The molecule has 0 aliphatic carbocycles. The van der Waals surface area contributed by atoms with E-state index in [0.717, 1.165) is 0 Å². The smallest absolute Gasteiger partial charge is 0.176 e. The molecule has 0 amide bonds. The molecule has 16 heavy (non-hydrogen) atoms. The van der Waals surface area contributed by atoms with Crippen molar-refractivity contribution in [1.82, 2.24) is 0 Å². The molecule has 0 unspecified atom stereocenters. The van der Waals surface area contributed by atoms with Crippen LogP contribution in [0.3, 0.4) is 0 Å². The summed E-state index contributed by atoms with van der Waals surface area (Å²) in [5.74, 6) is -7.80. The number of benzene rings is 1. The van der Waals surface area contributed by atoms with E-state index < -0.39 is 45.5 Å². The monoisotopic (exact) mass is 299 g/mol. The summed E-state index contributed by atoms with van der Waals surface area (Å²) in [7, 11) is 0. The van der Waals surface area contributed by atoms with Crippen molar-refractivity contribution in [3.05, 3.63) is 33.3 Å². The minimum Gasteiger partial charge on any atom is -0.330 e. The van der Waals surface area contributed by atoms with Crippen LogP contribution >= 0.6 is 15.9 Å². The molecule has 0 heterocycles. The van der Waals surface area contributed by atoms with Crippen LogP contribution in [-0.2, 0) is 0 Å². The molecule has 0 aromatic heterocycles. The molecule has 88 valence electrons. The Morgan fingerprint density at radius 3 is 1.88 bits per heavy atom. The van der Waals surface area contributed by atoms with E-state index in [1.165, 1.54) is 0 Å². The van der Waals surface area contributed by atoms with Gasteiger partial charge < -0.3 is 5.73 Å². The standard InChI is InChI=1S/C9H6BrF4NO/c10-5-8(13)6(11)4(3(16)1-2-15)7(12)9(5)14/h1-2,15H2. The zero-order valence-electron chi connectivity index (χ0n) is 7.79. The predicted octanol–water partition coefficient (Wildman–Crippen LogP) is 2.54. The van der Waals surface area contributed by atoms with Crippen molar-refractivity contribution in [2.45, 2.75) is 6.42 Å². The average Bonchev–Trinajstić information content (AvgIpc) is 2.24. The highest BCUT2D eigenvalue weighted by molar-refractivity contribution is 9.10. The maximum atomic E-state index is 13.2. The molecule has 0 saturated heterocycles. The topological polar surface area (TPSA) is 43.1 Å². The van der Waals surface area contributed by atoms with Gasteiger partial charge in [0.15, 0.2) is 29.1 Å². The van der Waals surface area contributed by atoms with Gasteiger partial charge in [-0.1, -0.05) is 0 Å². The lowest BCUT2D eigenvalue weighted by Crippen LogP contribution is -2.14. The van der Waals surface area contributed by atoms with Gasteiger partial charge in [0.1, 0.15) is 0 Å². The van der Waals surface area contributed by atoms with Crippen molar-refractivity contribution in [3.63, 3.8) is 0 Å². The molecule has 1 aromatic carbocycles. The van der Waals surface area contributed by atoms with Crippen molar-refractivity contribution in [2.24, 2.45) is 5.73 Å². The molecule has 7 heteroatoms. The van der Waals surface area contributed by atoms with E-state index in [0.29, 0.717) is 0 Å². The number of Topliss-reactive ketones (excluding diaryl/α,β-unsaturated/α-hetero) is 1. The van der Waals surface area contributed by atoms with Crippen molar-refractivity contribution < 1.29 is 22.4 Å². The van der Waals surface area contributed by atoms with Crippen LogP contribution in [0.4, 0.5) is 17.6 Å². The normalized spacial score (nSPS) is 10.6. The van der Waals surface area contributed by atoms with Gasteiger partial charge in [-0.2, -0.15) is 0 Å². The Balaban J connectivity index is 3.45. The van der Waals surface area contributed by atoms with Gasteiger partial charge in [0.2, 0.25) is 0 Å². The molecule has 2 nitrogen and oxygen atoms in total. The number of hydrogen-bond acceptors (Lipinski definition) is 2. The Kier molecular flexibility index (Phi) is 4.03. The summed E-state index contributed by atoms with van der Waals surface area (Å²) in [6.07, 6.45) is -0.394. The molecule has 0 aliphatic heterocycles. The van der Waals surface area contributed by atoms with Crippen molar-refractivity contribution >= 4 is 21.7 Å². The maximum Gasteiger partial charge on any atom is 0.176 e. The number of carbonyl (C=O) groups excluding carboxylic acids is 1. The van der Waals surface area contributed by atoms with Gasteiger partial charge in [-0.3, -0.25) is 4.79 Å². The van der Waals surface area contributed by atoms with Crippen molar-refractivity contribution in [1.29, 1.82) is 0 Å². The quantitative estimate of drug-likeness (QED) is 0.403. The fourth-order valence-corrected chi connectivity index (χ4v) is 1.45. The number of ketones is 1. The zero-order valence-corrected chi connectivity index (χ0v) is 9.38. The van der Waals surface area contributed by atoms with Gasteiger partial charge in [0.05, 0.1) is 10.0 Å². The highest BCUT2D eigenvalue weighted by Crippen LogP contribution is 2.28. The van der Waals surface area contributed by atoms with Gasteiger partial charge in [-0.25, -0.2) is 17.6 Å². The first-order valence-corrected chi connectivity index (χ1v) is 4.95. The first-order valence-electron chi connectivity index (χ1n) is 4.16. The molecule has 0 saturated carbocycles. The van der Waals surface area contributed by atoms with Crippen LogP contribution < -0.4 is 5.73 Å². The highest BCUT2D eigenvalue weighted by atomic mass is 79.9. The SMILES string of the molecule is NCCC(=O)c1c(F)c(F)c(Br)c(F)c1F. The summed E-state index contributed by atoms with van der Waals surface area (Å²) in [6, 6.07) is 0. The average molecular weight is 300 g/mol. The van der Waals surface area contributed by atoms with E-state index in [1.54, 1.807) is 0 Å². The van der Waals surface area contributed by atoms with E-state index in [2.05, 4.69) is 15.9 Å². The van der Waals surface area contributed by atoms with E-state index in [1.807, 2.05) is 0 Å². The zero-order chi connectivity index (χ0) is 12.5. The van der Waals surface area contributed by atoms with E-state index in [-0.39, 0.29) is 6.54 Å². The van der Waals surface area contributed by atoms with Crippen LogP contribution in [0.25, 0.3) is 0 Å². The second-order valence-corrected chi connectivity index (χ2v) is 3.70. The highest BCUT2D eigenvalue weighted by Gasteiger charge is 2.27. The fourth-order valence-electron chi connectivity index (χ4n) is 1.11. The van der Waals surface area contributed by atoms with E-state index >= 15 is 0 Å². The molecule has 0 spiro atoms. The summed E-state index contributed by atoms with van der Waals surface area (Å²) in [4.78, 5) is 11.2. The number of rotatable bonds is 3. The van der Waals surface area contributed by atoms with Crippen LogP contribution in [0.1, 0.15) is 16.8 Å². The third-order valence-corrected chi connectivity index (χ3v) is 2.56. The van der Waals surface area contributed by atoms with Gasteiger partial charge in [0, 0.05) is 6.42 Å². The lowest BCUT2D eigenvalue weighted by atomic mass is 10.1. The molecule has 1 aromatic rings. The molecule has 0 bridgehead atoms. The summed E-state index contributed by atoms with van der Waals surface area (Å²) in [6.45, 7) is -0.170. The Morgan fingerprint density at radius 1 is 1.06 bits per heavy atom. The largest absolute Gasteiger partial charge is 0.330 e. The lowest BCUT2D eigenvalue weighted by molar-refractivity contribution is 0.0974. The Labute approximate surface area is 96.6 Å². The van der Waals surface area contributed by atoms with E-state index in [4.69, 9.17) is 5.73 Å². The Hall–Kier alpha value is -0.950. The molecule has 0 atom stereocenters. The molecular weight excluding hydrogens is 294 g/mol. The summed E-state index contributed by atoms with van der Waals surface area (Å²) in [5.41, 5.74) is 3.78. The van der Waals surface area contributed by atoms with Gasteiger partial charge in [0.25, 0.3) is 0 Å². The molecule has 0 radical (unpaired) electrons. The minimum absolute atomic E-state index is 0.170. The second-order valence-electron chi connectivity index (χ2n) is 2.91. The van der Waals surface area contributed by atoms with Crippen LogP contribution in [0.15, 0.2) is 4.47 Å². The Morgan fingerprint density at radius 2 is 1.50 bits per heavy atom. The van der Waals surface area contributed by atoms with Gasteiger partial charge >= 0.3 is 0 Å². The molecule has 0 aliphatic rings. The summed E-state index contributed by atoms with van der Waals surface area (Å²) in [5, 5.41) is 0. The van der Waals surface area contributed by atoms with Crippen LogP contribution in [-0.4, -0.2) is 12.3 Å². The maximum absolute atomic E-state index is 13.2. The van der Waals surface area contributed by atoms with Crippen LogP contribution in [0, 0.1) is 23.3 Å². The third-order valence-electron chi connectivity index (χ3n) is 1.86. The number of halogens is 5. The van der Waals surface area contributed by atoms with Gasteiger partial charge in [-0.15, -0.1) is 0 Å². The second kappa shape index (κ2) is 4.92. The molecule has 2 N–H and O–H groups in total. The number of carbonyl (C=O) groups is 1. The first-order chi connectivity index (χ1) is 7.41. The number of nitrogens with two attached hydrogens (primary N) is 1. The summed E-state index contributed by atoms with van der Waals surface area (Å²) >= 11 is 2.34. The number of hydrogen-bond donors (Lipinski definition) is 1. The predicted molar refractivity (Wildman–Crippen MR) is 52.0 cm³/mol. The lowest BCUT2D eigenvalue weighted by Gasteiger charge is -2.07. The molecule has 1 rings (SSSR count). The Bertz CT molecular complexity index is 421. The minimum atomic E-state index is -1.72. The fraction of sp³-hybridized carbons (Fsp3) is 0.222. The molecular formula is C9H6BrF4NO. The van der Waals surface area contributed by atoms with Crippen LogP contribution in [0.5, 0.6) is 0 Å². The van der Waals surface area contributed by atoms with Crippen molar-refractivity contribution in [3.8, 4) is 0 Å². The molecule has 0 fully saturated rings. The van der Waals surface area contributed by atoms with Crippen molar-refractivity contribution in [2.75, 3.05) is 6.54 Å². The first kappa shape index (κ1) is 13.1. The van der Waals surface area contributed by atoms with E-state index in [9.17, 15) is 22.4 Å². The van der Waals surface area contributed by atoms with Crippen LogP contribution in [0.2, 0.25) is 0 Å². The summed E-state index contributed by atoms with van der Waals surface area (Å²) < 4.78 is 51.5.